The molecule has 0 unspecified atom stereocenters. The van der Waals surface area contributed by atoms with Crippen molar-refractivity contribution >= 4 is 33.2 Å². The third-order valence-electron chi connectivity index (χ3n) is 11.4. The number of ether oxygens (including phenoxy) is 1. The van der Waals surface area contributed by atoms with Crippen LogP contribution in [0.5, 0.6) is 11.5 Å². The Morgan fingerprint density at radius 3 is 1.95 bits per heavy atom. The normalized spacial score (nSPS) is 13.8. The molecule has 7 aromatic rings. The zero-order valence-electron chi connectivity index (χ0n) is 34.6. The molecular formula is C51H51N4OPt-3. The fourth-order valence-corrected chi connectivity index (χ4v) is 7.65. The fourth-order valence-electron chi connectivity index (χ4n) is 7.65. The van der Waals surface area contributed by atoms with E-state index in [1.165, 1.54) is 22.4 Å². The number of aromatic nitrogens is 2. The Morgan fingerprint density at radius 2 is 1.25 bits per heavy atom. The van der Waals surface area contributed by atoms with Crippen molar-refractivity contribution in [3.05, 3.63) is 174 Å². The number of nitrogens with zero attached hydrogens (tertiary/aromatic N) is 4. The second-order valence-corrected chi connectivity index (χ2v) is 17.6. The largest absolute Gasteiger partial charge is 0.509 e. The van der Waals surface area contributed by atoms with E-state index in [2.05, 4.69) is 212 Å². The molecular weight excluding hydrogens is 880 g/mol. The van der Waals surface area contributed by atoms with Gasteiger partial charge in [0.15, 0.2) is 0 Å². The van der Waals surface area contributed by atoms with Crippen LogP contribution in [0, 0.1) is 18.8 Å². The molecule has 0 aliphatic carbocycles. The number of fused-ring (bicyclic) bond motifs is 3. The van der Waals surface area contributed by atoms with Crippen molar-refractivity contribution in [3.63, 3.8) is 0 Å². The summed E-state index contributed by atoms with van der Waals surface area (Å²) in [5.74, 6) is 2.10. The van der Waals surface area contributed by atoms with E-state index >= 15 is 0 Å². The predicted octanol–water partition coefficient (Wildman–Crippen LogP) is 13.2. The van der Waals surface area contributed by atoms with Crippen molar-refractivity contribution in [1.82, 2.24) is 9.55 Å². The monoisotopic (exact) mass is 930 g/mol. The van der Waals surface area contributed by atoms with Crippen LogP contribution in [-0.2, 0) is 37.3 Å². The standard InChI is InChI=1S/C51H51N4O.Pt/c1-34-35(2)54(33-53(34)40-22-20-36(21-23-40)49(3,4)5)41-28-39(50(6,7)8)29-43(31-41)56-42-24-25-45-44-18-14-15-19-46(44)55(47(45)32-42)48-30-38(26-27-52-48)51(9,10)37-16-12-11-13-17-37;/h11-30,33H,1-10H3;/q-3;. The minimum atomic E-state index is -0.214. The number of pyridine rings is 1. The molecule has 1 aliphatic rings. The molecule has 1 aliphatic heterocycles. The minimum absolute atomic E-state index is 0. The van der Waals surface area contributed by atoms with Crippen molar-refractivity contribution in [1.29, 1.82) is 0 Å². The second-order valence-electron chi connectivity index (χ2n) is 17.6. The zero-order chi connectivity index (χ0) is 39.6. The third-order valence-corrected chi connectivity index (χ3v) is 11.4. The maximum Gasteiger partial charge on any atom is 0.135 e. The van der Waals surface area contributed by atoms with E-state index in [1.54, 1.807) is 0 Å². The summed E-state index contributed by atoms with van der Waals surface area (Å²) in [6.07, 6.45) is 1.92. The van der Waals surface area contributed by atoms with Crippen LogP contribution in [0.3, 0.4) is 0 Å². The first-order valence-electron chi connectivity index (χ1n) is 19.5. The van der Waals surface area contributed by atoms with E-state index in [9.17, 15) is 0 Å². The Bertz CT molecular complexity index is 2610. The molecule has 0 spiro atoms. The van der Waals surface area contributed by atoms with Gasteiger partial charge >= 0.3 is 0 Å². The van der Waals surface area contributed by atoms with Gasteiger partial charge in [-0.3, -0.25) is 0 Å². The summed E-state index contributed by atoms with van der Waals surface area (Å²) in [7, 11) is 0. The molecule has 3 heterocycles. The van der Waals surface area contributed by atoms with Crippen LogP contribution in [0.25, 0.3) is 27.6 Å². The van der Waals surface area contributed by atoms with Crippen molar-refractivity contribution < 1.29 is 25.8 Å². The number of anilines is 2. The van der Waals surface area contributed by atoms with Gasteiger partial charge in [-0.05, 0) is 77.1 Å². The SMILES string of the molecule is CC1=C(C)N(c2ccc(C(C)(C)C)cc2)[CH-]N1c1[c-]c(Oc2[c-]c3c(cc2)c2ccccc2n3-c2cc(C(C)(C)c3ccccc3)ccn2)cc(C(C)(C)C)c1.[Pt]. The molecule has 2 aromatic heterocycles. The first-order chi connectivity index (χ1) is 26.6. The number of hydrogen-bond acceptors (Lipinski definition) is 4. The van der Waals surface area contributed by atoms with E-state index in [0.717, 1.165) is 50.3 Å². The molecule has 0 saturated carbocycles. The third kappa shape index (κ3) is 7.55. The van der Waals surface area contributed by atoms with Gasteiger partial charge in [-0.2, -0.15) is 6.07 Å². The molecule has 5 aromatic carbocycles. The summed E-state index contributed by atoms with van der Waals surface area (Å²) < 4.78 is 8.96. The topological polar surface area (TPSA) is 33.5 Å². The van der Waals surface area contributed by atoms with Crippen molar-refractivity contribution in [2.24, 2.45) is 0 Å². The maximum atomic E-state index is 6.75. The van der Waals surface area contributed by atoms with Gasteiger partial charge in [-0.25, -0.2) is 4.98 Å². The van der Waals surface area contributed by atoms with E-state index in [4.69, 9.17) is 9.72 Å². The Hall–Kier alpha value is -5.12. The Kier molecular flexibility index (Phi) is 10.5. The molecule has 0 bridgehead atoms. The average Bonchev–Trinajstić information content (AvgIpc) is 3.67. The summed E-state index contributed by atoms with van der Waals surface area (Å²) in [6, 6.07) is 48.1. The first-order valence-corrected chi connectivity index (χ1v) is 19.5. The van der Waals surface area contributed by atoms with Crippen LogP contribution in [0.1, 0.15) is 91.5 Å². The number of benzene rings is 5. The van der Waals surface area contributed by atoms with Gasteiger partial charge in [-0.1, -0.05) is 122 Å². The zero-order valence-corrected chi connectivity index (χ0v) is 36.9. The summed E-state index contributed by atoms with van der Waals surface area (Å²) >= 11 is 0. The molecule has 0 fully saturated rings. The molecule has 0 amide bonds. The first kappa shape index (κ1) is 40.1. The summed E-state index contributed by atoms with van der Waals surface area (Å²) in [4.78, 5) is 9.40. The molecule has 294 valence electrons. The summed E-state index contributed by atoms with van der Waals surface area (Å²) in [6.45, 7) is 24.5. The molecule has 6 heteroatoms. The van der Waals surface area contributed by atoms with Crippen LogP contribution in [0.4, 0.5) is 11.4 Å². The van der Waals surface area contributed by atoms with Crippen molar-refractivity contribution in [2.75, 3.05) is 9.80 Å². The number of allylic oxidation sites excluding steroid dienone is 2. The van der Waals surface area contributed by atoms with Crippen LogP contribution in [0.15, 0.2) is 133 Å². The number of rotatable bonds is 7. The minimum Gasteiger partial charge on any atom is -0.509 e. The van der Waals surface area contributed by atoms with Gasteiger partial charge < -0.3 is 19.1 Å². The molecule has 0 atom stereocenters. The van der Waals surface area contributed by atoms with Crippen LogP contribution in [-0.4, -0.2) is 9.55 Å². The molecule has 0 N–H and O–H groups in total. The van der Waals surface area contributed by atoms with E-state index in [1.807, 2.05) is 12.3 Å². The van der Waals surface area contributed by atoms with Gasteiger partial charge in [0.1, 0.15) is 5.82 Å². The van der Waals surface area contributed by atoms with Gasteiger partial charge in [-0.15, -0.1) is 53.6 Å². The maximum absolute atomic E-state index is 6.75. The Morgan fingerprint density at radius 1 is 0.579 bits per heavy atom. The van der Waals surface area contributed by atoms with Crippen LogP contribution < -0.4 is 14.5 Å². The van der Waals surface area contributed by atoms with Gasteiger partial charge in [0, 0.05) is 66.8 Å². The molecule has 8 rings (SSSR count). The summed E-state index contributed by atoms with van der Waals surface area (Å²) in [5, 5.41) is 2.23. The van der Waals surface area contributed by atoms with E-state index in [0.29, 0.717) is 11.5 Å². The molecule has 5 nitrogen and oxygen atoms in total. The molecule has 0 saturated heterocycles. The molecule has 0 radical (unpaired) electrons. The number of para-hydroxylation sites is 1. The van der Waals surface area contributed by atoms with Crippen molar-refractivity contribution in [2.45, 2.75) is 85.5 Å². The predicted molar refractivity (Wildman–Crippen MR) is 233 cm³/mol. The second kappa shape index (κ2) is 15.0. The van der Waals surface area contributed by atoms with Gasteiger partial charge in [0.25, 0.3) is 0 Å². The van der Waals surface area contributed by atoms with Crippen LogP contribution in [0.2, 0.25) is 0 Å². The average molecular weight is 931 g/mol. The van der Waals surface area contributed by atoms with E-state index in [-0.39, 0.29) is 37.3 Å². The van der Waals surface area contributed by atoms with Gasteiger partial charge in [0.05, 0.1) is 0 Å². The molecule has 57 heavy (non-hydrogen) atoms. The Balaban J connectivity index is 0.00000496. The number of hydrogen-bond donors (Lipinski definition) is 0. The fraction of sp³-hybridized carbons (Fsp3) is 0.255. The van der Waals surface area contributed by atoms with Crippen molar-refractivity contribution in [3.8, 4) is 17.3 Å². The van der Waals surface area contributed by atoms with Gasteiger partial charge in [0.2, 0.25) is 0 Å². The van der Waals surface area contributed by atoms with Crippen LogP contribution >= 0.6 is 0 Å². The smallest absolute Gasteiger partial charge is 0.135 e. The van der Waals surface area contributed by atoms with E-state index < -0.39 is 0 Å². The Labute approximate surface area is 353 Å². The summed E-state index contributed by atoms with van der Waals surface area (Å²) in [5.41, 5.74) is 11.0. The quantitative estimate of drug-likeness (QED) is 0.149.